The van der Waals surface area contributed by atoms with E-state index in [9.17, 15) is 0 Å². The van der Waals surface area contributed by atoms with Crippen LogP contribution in [0.5, 0.6) is 0 Å². The number of thiophene rings is 1. The zero-order chi connectivity index (χ0) is 15.0. The first-order chi connectivity index (χ1) is 10.0. The first-order valence-electron chi connectivity index (χ1n) is 7.08. The zero-order valence-electron chi connectivity index (χ0n) is 12.8. The van der Waals surface area contributed by atoms with Gasteiger partial charge in [-0.25, -0.2) is 9.97 Å². The fraction of sp³-hybridized carbons (Fsp3) is 0.294. The van der Waals surface area contributed by atoms with Gasteiger partial charge in [0.2, 0.25) is 0 Å². The van der Waals surface area contributed by atoms with Crippen LogP contribution in [0.4, 0.5) is 5.82 Å². The third-order valence-corrected chi connectivity index (χ3v) is 4.82. The molecule has 3 rings (SSSR count). The molecule has 2 aromatic heterocycles. The van der Waals surface area contributed by atoms with Gasteiger partial charge in [0, 0.05) is 11.4 Å². The molecule has 0 amide bonds. The second-order valence-electron chi connectivity index (χ2n) is 5.42. The van der Waals surface area contributed by atoms with Crippen molar-refractivity contribution >= 4 is 27.4 Å². The summed E-state index contributed by atoms with van der Waals surface area (Å²) < 4.78 is 0. The van der Waals surface area contributed by atoms with Gasteiger partial charge in [-0.1, -0.05) is 29.8 Å². The molecule has 21 heavy (non-hydrogen) atoms. The van der Waals surface area contributed by atoms with Crippen LogP contribution >= 0.6 is 11.3 Å². The Kier molecular flexibility index (Phi) is 3.64. The van der Waals surface area contributed by atoms with Crippen LogP contribution in [-0.4, -0.2) is 9.97 Å². The lowest BCUT2D eigenvalue weighted by atomic mass is 10.1. The molecular weight excluding hydrogens is 278 g/mol. The molecule has 0 aliphatic rings. The number of benzene rings is 1. The first-order valence-corrected chi connectivity index (χ1v) is 7.90. The monoisotopic (exact) mass is 297 g/mol. The topological polar surface area (TPSA) is 37.8 Å². The summed E-state index contributed by atoms with van der Waals surface area (Å²) in [6.07, 6.45) is 0. The van der Waals surface area contributed by atoms with Crippen molar-refractivity contribution in [1.82, 2.24) is 9.97 Å². The number of hydrogen-bond donors (Lipinski definition) is 1. The third kappa shape index (κ3) is 2.76. The van der Waals surface area contributed by atoms with Crippen LogP contribution in [0, 0.1) is 27.7 Å². The lowest BCUT2D eigenvalue weighted by molar-refractivity contribution is 1.05. The molecule has 0 aliphatic heterocycles. The number of nitrogens with one attached hydrogen (secondary N) is 1. The second kappa shape index (κ2) is 5.45. The largest absolute Gasteiger partial charge is 0.365 e. The van der Waals surface area contributed by atoms with Crippen molar-refractivity contribution in [3.63, 3.8) is 0 Å². The molecule has 0 spiro atoms. The van der Waals surface area contributed by atoms with Crippen molar-refractivity contribution in [1.29, 1.82) is 0 Å². The summed E-state index contributed by atoms with van der Waals surface area (Å²) in [6.45, 7) is 9.11. The number of aryl methyl sites for hydroxylation is 4. The van der Waals surface area contributed by atoms with Crippen LogP contribution in [0.1, 0.15) is 27.4 Å². The van der Waals surface area contributed by atoms with Crippen LogP contribution < -0.4 is 5.32 Å². The quantitative estimate of drug-likeness (QED) is 0.771. The highest BCUT2D eigenvalue weighted by Crippen LogP contribution is 2.33. The molecule has 0 saturated heterocycles. The van der Waals surface area contributed by atoms with Gasteiger partial charge in [0.15, 0.2) is 0 Å². The average molecular weight is 297 g/mol. The van der Waals surface area contributed by atoms with Gasteiger partial charge in [-0.05, 0) is 38.8 Å². The lowest BCUT2D eigenvalue weighted by Gasteiger charge is -2.09. The van der Waals surface area contributed by atoms with E-state index in [4.69, 9.17) is 0 Å². The van der Waals surface area contributed by atoms with E-state index in [1.807, 2.05) is 6.92 Å². The van der Waals surface area contributed by atoms with Crippen molar-refractivity contribution in [2.75, 3.05) is 5.32 Å². The highest BCUT2D eigenvalue weighted by atomic mass is 32.1. The van der Waals surface area contributed by atoms with Gasteiger partial charge in [-0.3, -0.25) is 0 Å². The molecule has 0 bridgehead atoms. The third-order valence-electron chi connectivity index (χ3n) is 3.72. The molecular formula is C17H19N3S. The van der Waals surface area contributed by atoms with E-state index in [2.05, 4.69) is 60.3 Å². The summed E-state index contributed by atoms with van der Waals surface area (Å²) in [7, 11) is 0. The van der Waals surface area contributed by atoms with Crippen LogP contribution in [0.25, 0.3) is 10.2 Å². The maximum atomic E-state index is 4.59. The minimum Gasteiger partial charge on any atom is -0.365 e. The highest BCUT2D eigenvalue weighted by Gasteiger charge is 2.13. The summed E-state index contributed by atoms with van der Waals surface area (Å²) in [6, 6.07) is 8.58. The summed E-state index contributed by atoms with van der Waals surface area (Å²) in [5.41, 5.74) is 3.82. The predicted molar refractivity (Wildman–Crippen MR) is 90.1 cm³/mol. The predicted octanol–water partition coefficient (Wildman–Crippen LogP) is 4.54. The Bertz CT molecular complexity index is 788. The van der Waals surface area contributed by atoms with Crippen molar-refractivity contribution < 1.29 is 0 Å². The Morgan fingerprint density at radius 3 is 2.43 bits per heavy atom. The van der Waals surface area contributed by atoms with Gasteiger partial charge in [0.25, 0.3) is 0 Å². The number of fused-ring (bicyclic) bond motifs is 1. The van der Waals surface area contributed by atoms with Crippen LogP contribution in [0.2, 0.25) is 0 Å². The molecule has 3 aromatic rings. The van der Waals surface area contributed by atoms with E-state index in [0.29, 0.717) is 0 Å². The molecule has 4 heteroatoms. The van der Waals surface area contributed by atoms with Gasteiger partial charge in [0.1, 0.15) is 16.5 Å². The highest BCUT2D eigenvalue weighted by molar-refractivity contribution is 7.18. The smallest absolute Gasteiger partial charge is 0.139 e. The van der Waals surface area contributed by atoms with Gasteiger partial charge in [-0.15, -0.1) is 11.3 Å². The van der Waals surface area contributed by atoms with E-state index in [0.717, 1.165) is 28.4 Å². The Hall–Kier alpha value is -1.94. The molecule has 3 nitrogen and oxygen atoms in total. The van der Waals surface area contributed by atoms with Gasteiger partial charge >= 0.3 is 0 Å². The lowest BCUT2D eigenvalue weighted by Crippen LogP contribution is -2.04. The Balaban J connectivity index is 1.94. The summed E-state index contributed by atoms with van der Waals surface area (Å²) in [5.74, 6) is 1.76. The van der Waals surface area contributed by atoms with E-state index in [1.165, 1.54) is 21.6 Å². The van der Waals surface area contributed by atoms with E-state index in [-0.39, 0.29) is 0 Å². The van der Waals surface area contributed by atoms with Gasteiger partial charge in [-0.2, -0.15) is 0 Å². The summed E-state index contributed by atoms with van der Waals surface area (Å²) in [4.78, 5) is 11.5. The molecule has 0 saturated carbocycles. The van der Waals surface area contributed by atoms with Crippen molar-refractivity contribution in [3.8, 4) is 0 Å². The molecule has 1 N–H and O–H groups in total. The summed E-state index contributed by atoms with van der Waals surface area (Å²) in [5, 5.41) is 4.64. The number of hydrogen-bond acceptors (Lipinski definition) is 4. The van der Waals surface area contributed by atoms with Crippen LogP contribution in [0.15, 0.2) is 24.3 Å². The Labute approximate surface area is 129 Å². The zero-order valence-corrected chi connectivity index (χ0v) is 13.6. The normalized spacial score (nSPS) is 11.0. The SMILES string of the molecule is Cc1ccc(CNc2nc(C)nc3sc(C)c(C)c23)cc1. The minimum atomic E-state index is 0.778. The van der Waals surface area contributed by atoms with E-state index in [1.54, 1.807) is 11.3 Å². The molecule has 0 atom stereocenters. The van der Waals surface area contributed by atoms with Crippen LogP contribution in [-0.2, 0) is 6.54 Å². The molecule has 1 aromatic carbocycles. The molecule has 108 valence electrons. The number of rotatable bonds is 3. The van der Waals surface area contributed by atoms with E-state index >= 15 is 0 Å². The van der Waals surface area contributed by atoms with Crippen LogP contribution in [0.3, 0.4) is 0 Å². The molecule has 0 radical (unpaired) electrons. The Morgan fingerprint density at radius 2 is 1.71 bits per heavy atom. The van der Waals surface area contributed by atoms with Gasteiger partial charge < -0.3 is 5.32 Å². The minimum absolute atomic E-state index is 0.778. The fourth-order valence-corrected chi connectivity index (χ4v) is 3.45. The number of anilines is 1. The van der Waals surface area contributed by atoms with E-state index < -0.39 is 0 Å². The van der Waals surface area contributed by atoms with Crippen molar-refractivity contribution in [2.45, 2.75) is 34.2 Å². The standard InChI is InChI=1S/C17H19N3S/c1-10-5-7-14(8-6-10)9-18-16-15-11(2)12(3)21-17(15)20-13(4)19-16/h5-8H,9H2,1-4H3,(H,18,19,20). The first kappa shape index (κ1) is 14.0. The second-order valence-corrected chi connectivity index (χ2v) is 6.63. The molecule has 0 unspecified atom stereocenters. The summed E-state index contributed by atoms with van der Waals surface area (Å²) >= 11 is 1.74. The van der Waals surface area contributed by atoms with Crippen molar-refractivity contribution in [3.05, 3.63) is 51.7 Å². The maximum absolute atomic E-state index is 4.59. The Morgan fingerprint density at radius 1 is 1.00 bits per heavy atom. The maximum Gasteiger partial charge on any atom is 0.139 e. The molecule has 0 fully saturated rings. The number of aromatic nitrogens is 2. The van der Waals surface area contributed by atoms with Crippen molar-refractivity contribution in [2.24, 2.45) is 0 Å². The average Bonchev–Trinajstić information content (AvgIpc) is 2.73. The van der Waals surface area contributed by atoms with Gasteiger partial charge in [0.05, 0.1) is 5.39 Å². The molecule has 0 aliphatic carbocycles. The molecule has 2 heterocycles. The number of nitrogens with zero attached hydrogens (tertiary/aromatic N) is 2. The fourth-order valence-electron chi connectivity index (χ4n) is 2.38.